The maximum atomic E-state index is 9.89. The number of thioether (sulfide) groups is 1. The number of aliphatic hydroxyl groups is 1. The summed E-state index contributed by atoms with van der Waals surface area (Å²) in [6.07, 6.45) is 5.81. The van der Waals surface area contributed by atoms with Crippen molar-refractivity contribution in [3.63, 3.8) is 0 Å². The highest BCUT2D eigenvalue weighted by molar-refractivity contribution is 7.98. The van der Waals surface area contributed by atoms with Gasteiger partial charge in [-0.1, -0.05) is 13.8 Å². The summed E-state index contributed by atoms with van der Waals surface area (Å²) in [7, 11) is 0. The third-order valence-corrected chi connectivity index (χ3v) is 3.77. The lowest BCUT2D eigenvalue weighted by molar-refractivity contribution is 0.0724. The van der Waals surface area contributed by atoms with Crippen LogP contribution in [0.15, 0.2) is 0 Å². The Kier molecular flexibility index (Phi) is 4.60. The quantitative estimate of drug-likeness (QED) is 0.759. The second-order valence-electron chi connectivity index (χ2n) is 4.70. The average Bonchev–Trinajstić information content (AvgIpc) is 2.03. The molecular weight excluding hydrogens is 180 g/mol. The SMILES string of the molecule is CSCC(O)C1CC(C)CC(C)C1. The summed E-state index contributed by atoms with van der Waals surface area (Å²) in [4.78, 5) is 0. The van der Waals surface area contributed by atoms with Crippen LogP contribution in [-0.2, 0) is 0 Å². The van der Waals surface area contributed by atoms with E-state index in [1.807, 2.05) is 0 Å². The third kappa shape index (κ3) is 3.51. The molecule has 13 heavy (non-hydrogen) atoms. The van der Waals surface area contributed by atoms with Crippen molar-refractivity contribution in [1.82, 2.24) is 0 Å². The summed E-state index contributed by atoms with van der Waals surface area (Å²) in [6.45, 7) is 4.63. The third-order valence-electron chi connectivity index (χ3n) is 3.10. The molecule has 3 unspecified atom stereocenters. The topological polar surface area (TPSA) is 20.2 Å². The van der Waals surface area contributed by atoms with E-state index in [4.69, 9.17) is 0 Å². The van der Waals surface area contributed by atoms with Crippen molar-refractivity contribution in [1.29, 1.82) is 0 Å². The van der Waals surface area contributed by atoms with Crippen LogP contribution in [0.4, 0.5) is 0 Å². The van der Waals surface area contributed by atoms with Crippen LogP contribution >= 0.6 is 11.8 Å². The molecule has 1 saturated carbocycles. The predicted molar refractivity (Wildman–Crippen MR) is 60.1 cm³/mol. The molecule has 1 rings (SSSR count). The number of hydrogen-bond acceptors (Lipinski definition) is 2. The first-order chi connectivity index (χ1) is 6.13. The second kappa shape index (κ2) is 5.26. The zero-order chi connectivity index (χ0) is 9.84. The summed E-state index contributed by atoms with van der Waals surface area (Å²) in [5.41, 5.74) is 0. The maximum Gasteiger partial charge on any atom is 0.0658 e. The molecule has 0 aromatic carbocycles. The van der Waals surface area contributed by atoms with E-state index < -0.39 is 0 Å². The highest BCUT2D eigenvalue weighted by Gasteiger charge is 2.28. The van der Waals surface area contributed by atoms with E-state index in [2.05, 4.69) is 20.1 Å². The smallest absolute Gasteiger partial charge is 0.0658 e. The van der Waals surface area contributed by atoms with E-state index in [1.54, 1.807) is 11.8 Å². The van der Waals surface area contributed by atoms with Gasteiger partial charge in [0.2, 0.25) is 0 Å². The van der Waals surface area contributed by atoms with Crippen LogP contribution in [0.5, 0.6) is 0 Å². The largest absolute Gasteiger partial charge is 0.392 e. The van der Waals surface area contributed by atoms with Crippen molar-refractivity contribution in [2.45, 2.75) is 39.2 Å². The first-order valence-corrected chi connectivity index (χ1v) is 6.69. The molecule has 1 aliphatic carbocycles. The molecule has 78 valence electrons. The highest BCUT2D eigenvalue weighted by atomic mass is 32.2. The Bertz CT molecular complexity index is 139. The van der Waals surface area contributed by atoms with Crippen molar-refractivity contribution in [3.8, 4) is 0 Å². The van der Waals surface area contributed by atoms with Gasteiger partial charge in [-0.2, -0.15) is 11.8 Å². The first-order valence-electron chi connectivity index (χ1n) is 5.30. The minimum atomic E-state index is -0.0693. The van der Waals surface area contributed by atoms with Gasteiger partial charge in [0.05, 0.1) is 6.10 Å². The van der Waals surface area contributed by atoms with Crippen molar-refractivity contribution in [2.24, 2.45) is 17.8 Å². The van der Waals surface area contributed by atoms with Gasteiger partial charge in [0.15, 0.2) is 0 Å². The zero-order valence-corrected chi connectivity index (χ0v) is 9.81. The molecule has 1 nitrogen and oxygen atoms in total. The van der Waals surface area contributed by atoms with Crippen LogP contribution in [0.25, 0.3) is 0 Å². The molecule has 0 amide bonds. The molecular formula is C11H22OS. The van der Waals surface area contributed by atoms with Gasteiger partial charge < -0.3 is 5.11 Å². The lowest BCUT2D eigenvalue weighted by Gasteiger charge is -2.34. The molecule has 3 atom stereocenters. The monoisotopic (exact) mass is 202 g/mol. The Hall–Kier alpha value is 0.310. The number of hydrogen-bond donors (Lipinski definition) is 1. The van der Waals surface area contributed by atoms with Gasteiger partial charge in [0.1, 0.15) is 0 Å². The normalized spacial score (nSPS) is 37.4. The fraction of sp³-hybridized carbons (Fsp3) is 1.00. The van der Waals surface area contributed by atoms with Crippen LogP contribution < -0.4 is 0 Å². The van der Waals surface area contributed by atoms with Crippen LogP contribution in [0, 0.1) is 17.8 Å². The van der Waals surface area contributed by atoms with Gasteiger partial charge in [-0.25, -0.2) is 0 Å². The van der Waals surface area contributed by atoms with E-state index in [0.717, 1.165) is 17.6 Å². The number of aliphatic hydroxyl groups excluding tert-OH is 1. The van der Waals surface area contributed by atoms with Crippen LogP contribution in [0.2, 0.25) is 0 Å². The summed E-state index contributed by atoms with van der Waals surface area (Å²) in [5, 5.41) is 9.89. The Morgan fingerprint density at radius 2 is 1.77 bits per heavy atom. The summed E-state index contributed by atoms with van der Waals surface area (Å²) in [5.74, 6) is 3.09. The minimum Gasteiger partial charge on any atom is -0.392 e. The van der Waals surface area contributed by atoms with Gasteiger partial charge in [-0.3, -0.25) is 0 Å². The predicted octanol–water partition coefficient (Wildman–Crippen LogP) is 2.78. The first kappa shape index (κ1) is 11.4. The van der Waals surface area contributed by atoms with Crippen LogP contribution in [0.1, 0.15) is 33.1 Å². The van der Waals surface area contributed by atoms with Gasteiger partial charge in [-0.05, 0) is 43.3 Å². The molecule has 0 radical (unpaired) electrons. The second-order valence-corrected chi connectivity index (χ2v) is 5.61. The molecule has 0 spiro atoms. The molecule has 0 aromatic rings. The van der Waals surface area contributed by atoms with Gasteiger partial charge in [0, 0.05) is 5.75 Å². The summed E-state index contributed by atoms with van der Waals surface area (Å²) in [6, 6.07) is 0. The Morgan fingerprint density at radius 1 is 1.23 bits per heavy atom. The molecule has 0 aliphatic heterocycles. The van der Waals surface area contributed by atoms with Gasteiger partial charge in [0.25, 0.3) is 0 Å². The molecule has 1 fully saturated rings. The lowest BCUT2D eigenvalue weighted by atomic mass is 9.75. The lowest BCUT2D eigenvalue weighted by Crippen LogP contribution is -2.30. The Balaban J connectivity index is 2.40. The van der Waals surface area contributed by atoms with Gasteiger partial charge >= 0.3 is 0 Å². The summed E-state index contributed by atoms with van der Waals surface area (Å²) < 4.78 is 0. The van der Waals surface area contributed by atoms with E-state index in [9.17, 15) is 5.11 Å². The number of rotatable bonds is 3. The molecule has 0 saturated heterocycles. The minimum absolute atomic E-state index is 0.0693. The standard InChI is InChI=1S/C11H22OS/c1-8-4-9(2)6-10(5-8)11(12)7-13-3/h8-12H,4-7H2,1-3H3. The average molecular weight is 202 g/mol. The maximum absolute atomic E-state index is 9.89. The Labute approximate surface area is 86.3 Å². The fourth-order valence-corrected chi connectivity index (χ4v) is 3.24. The molecule has 2 heteroatoms. The zero-order valence-electron chi connectivity index (χ0n) is 8.99. The summed E-state index contributed by atoms with van der Waals surface area (Å²) >= 11 is 1.76. The molecule has 1 N–H and O–H groups in total. The molecule has 0 bridgehead atoms. The van der Waals surface area contributed by atoms with E-state index in [-0.39, 0.29) is 6.10 Å². The van der Waals surface area contributed by atoms with E-state index in [0.29, 0.717) is 5.92 Å². The highest BCUT2D eigenvalue weighted by Crippen LogP contribution is 2.35. The van der Waals surface area contributed by atoms with Crippen LogP contribution in [0.3, 0.4) is 0 Å². The van der Waals surface area contributed by atoms with E-state index >= 15 is 0 Å². The van der Waals surface area contributed by atoms with Crippen molar-refractivity contribution in [2.75, 3.05) is 12.0 Å². The van der Waals surface area contributed by atoms with Gasteiger partial charge in [-0.15, -0.1) is 0 Å². The fourth-order valence-electron chi connectivity index (χ4n) is 2.63. The molecule has 0 heterocycles. The van der Waals surface area contributed by atoms with Crippen molar-refractivity contribution in [3.05, 3.63) is 0 Å². The van der Waals surface area contributed by atoms with Crippen molar-refractivity contribution < 1.29 is 5.11 Å². The van der Waals surface area contributed by atoms with Crippen LogP contribution in [-0.4, -0.2) is 23.2 Å². The molecule has 1 aliphatic rings. The van der Waals surface area contributed by atoms with Crippen molar-refractivity contribution >= 4 is 11.8 Å². The molecule has 0 aromatic heterocycles. The van der Waals surface area contributed by atoms with E-state index in [1.165, 1.54) is 19.3 Å². The Morgan fingerprint density at radius 3 is 2.23 bits per heavy atom.